The standard InChI is InChI=1S/C10H18O/c1-10(2,3)8-5-4-6-9(11)7-8/h7,9,11H,4-6H2,1-3H3. The zero-order chi connectivity index (χ0) is 8.48. The molecule has 0 saturated heterocycles. The van der Waals surface area contributed by atoms with Gasteiger partial charge < -0.3 is 5.11 Å². The minimum atomic E-state index is -0.182. The van der Waals surface area contributed by atoms with Crippen LogP contribution in [-0.4, -0.2) is 11.2 Å². The summed E-state index contributed by atoms with van der Waals surface area (Å²) < 4.78 is 0. The van der Waals surface area contributed by atoms with Gasteiger partial charge in [0.05, 0.1) is 6.10 Å². The molecule has 0 radical (unpaired) electrons. The molecule has 0 aromatic carbocycles. The summed E-state index contributed by atoms with van der Waals surface area (Å²) in [5, 5.41) is 9.37. The van der Waals surface area contributed by atoms with Crippen LogP contribution >= 0.6 is 0 Å². The minimum Gasteiger partial charge on any atom is -0.389 e. The van der Waals surface area contributed by atoms with Crippen molar-refractivity contribution >= 4 is 0 Å². The summed E-state index contributed by atoms with van der Waals surface area (Å²) >= 11 is 0. The van der Waals surface area contributed by atoms with Crippen molar-refractivity contribution in [1.82, 2.24) is 0 Å². The van der Waals surface area contributed by atoms with Crippen LogP contribution in [0, 0.1) is 5.41 Å². The van der Waals surface area contributed by atoms with E-state index in [4.69, 9.17) is 0 Å². The molecule has 11 heavy (non-hydrogen) atoms. The molecule has 1 rings (SSSR count). The number of rotatable bonds is 0. The van der Waals surface area contributed by atoms with Crippen molar-refractivity contribution in [2.75, 3.05) is 0 Å². The SMILES string of the molecule is CC(C)(C)C1=CC(O)CCC1. The molecule has 0 fully saturated rings. The molecule has 0 amide bonds. The minimum absolute atomic E-state index is 0.182. The maximum Gasteiger partial charge on any atom is 0.0723 e. The van der Waals surface area contributed by atoms with Gasteiger partial charge in [0, 0.05) is 0 Å². The Bertz CT molecular complexity index is 162. The van der Waals surface area contributed by atoms with Crippen LogP contribution in [0.3, 0.4) is 0 Å². The van der Waals surface area contributed by atoms with Crippen LogP contribution in [0.15, 0.2) is 11.6 Å². The first-order valence-electron chi connectivity index (χ1n) is 4.39. The van der Waals surface area contributed by atoms with Gasteiger partial charge in [-0.05, 0) is 24.7 Å². The molecule has 1 aliphatic carbocycles. The number of aliphatic hydroxyl groups excluding tert-OH is 1. The van der Waals surface area contributed by atoms with E-state index in [9.17, 15) is 5.11 Å². The first-order valence-corrected chi connectivity index (χ1v) is 4.39. The van der Waals surface area contributed by atoms with Gasteiger partial charge in [-0.1, -0.05) is 32.4 Å². The lowest BCUT2D eigenvalue weighted by Gasteiger charge is -2.27. The molecular formula is C10H18O. The van der Waals surface area contributed by atoms with Crippen molar-refractivity contribution in [2.45, 2.75) is 46.1 Å². The maximum atomic E-state index is 9.37. The van der Waals surface area contributed by atoms with Crippen molar-refractivity contribution < 1.29 is 5.11 Å². The molecule has 0 aromatic rings. The Labute approximate surface area is 69.1 Å². The molecule has 1 unspecified atom stereocenters. The number of hydrogen-bond acceptors (Lipinski definition) is 1. The molecule has 0 spiro atoms. The number of aliphatic hydroxyl groups is 1. The Balaban J connectivity index is 2.71. The third-order valence-electron chi connectivity index (χ3n) is 2.30. The summed E-state index contributed by atoms with van der Waals surface area (Å²) in [6.45, 7) is 6.62. The first-order chi connectivity index (χ1) is 5.00. The van der Waals surface area contributed by atoms with Gasteiger partial charge in [-0.15, -0.1) is 0 Å². The summed E-state index contributed by atoms with van der Waals surface area (Å²) in [7, 11) is 0. The Morgan fingerprint density at radius 3 is 2.45 bits per heavy atom. The zero-order valence-corrected chi connectivity index (χ0v) is 7.72. The molecule has 1 heteroatoms. The molecule has 1 aliphatic rings. The van der Waals surface area contributed by atoms with E-state index in [1.807, 2.05) is 6.08 Å². The van der Waals surface area contributed by atoms with Crippen LogP contribution in [0.25, 0.3) is 0 Å². The van der Waals surface area contributed by atoms with Gasteiger partial charge >= 0.3 is 0 Å². The number of hydrogen-bond donors (Lipinski definition) is 1. The Morgan fingerprint density at radius 1 is 1.45 bits per heavy atom. The lowest BCUT2D eigenvalue weighted by atomic mass is 9.80. The van der Waals surface area contributed by atoms with Gasteiger partial charge in [-0.25, -0.2) is 0 Å². The highest BCUT2D eigenvalue weighted by molar-refractivity contribution is 5.15. The molecule has 0 aromatic heterocycles. The monoisotopic (exact) mass is 154 g/mol. The van der Waals surface area contributed by atoms with Crippen LogP contribution in [0.5, 0.6) is 0 Å². The smallest absolute Gasteiger partial charge is 0.0723 e. The average Bonchev–Trinajstić information content (AvgIpc) is 1.86. The second-order valence-electron chi connectivity index (χ2n) is 4.40. The van der Waals surface area contributed by atoms with E-state index in [0.29, 0.717) is 0 Å². The van der Waals surface area contributed by atoms with Crippen molar-refractivity contribution in [2.24, 2.45) is 5.41 Å². The topological polar surface area (TPSA) is 20.2 Å². The van der Waals surface area contributed by atoms with Crippen molar-refractivity contribution in [3.8, 4) is 0 Å². The van der Waals surface area contributed by atoms with E-state index in [1.165, 1.54) is 12.0 Å². The summed E-state index contributed by atoms with van der Waals surface area (Å²) in [5.41, 5.74) is 1.66. The molecule has 0 bridgehead atoms. The first kappa shape index (κ1) is 8.79. The predicted octanol–water partition coefficient (Wildman–Crippen LogP) is 2.50. The van der Waals surface area contributed by atoms with Crippen molar-refractivity contribution in [3.05, 3.63) is 11.6 Å². The second-order valence-corrected chi connectivity index (χ2v) is 4.40. The Morgan fingerprint density at radius 2 is 2.09 bits per heavy atom. The fourth-order valence-corrected chi connectivity index (χ4v) is 1.53. The van der Waals surface area contributed by atoms with Gasteiger partial charge in [0.1, 0.15) is 0 Å². The second kappa shape index (κ2) is 2.98. The van der Waals surface area contributed by atoms with Crippen molar-refractivity contribution in [1.29, 1.82) is 0 Å². The molecular weight excluding hydrogens is 136 g/mol. The largest absolute Gasteiger partial charge is 0.389 e. The van der Waals surface area contributed by atoms with Gasteiger partial charge in [0.15, 0.2) is 0 Å². The quantitative estimate of drug-likeness (QED) is 0.531. The lowest BCUT2D eigenvalue weighted by molar-refractivity contribution is 0.197. The van der Waals surface area contributed by atoms with Gasteiger partial charge in [-0.2, -0.15) is 0 Å². The zero-order valence-electron chi connectivity index (χ0n) is 7.72. The molecule has 1 N–H and O–H groups in total. The summed E-state index contributed by atoms with van der Waals surface area (Å²) in [6, 6.07) is 0. The summed E-state index contributed by atoms with van der Waals surface area (Å²) in [5.74, 6) is 0. The van der Waals surface area contributed by atoms with Gasteiger partial charge in [0.2, 0.25) is 0 Å². The molecule has 1 atom stereocenters. The Hall–Kier alpha value is -0.300. The third-order valence-corrected chi connectivity index (χ3v) is 2.30. The van der Waals surface area contributed by atoms with E-state index in [1.54, 1.807) is 0 Å². The van der Waals surface area contributed by atoms with E-state index in [0.717, 1.165) is 12.8 Å². The van der Waals surface area contributed by atoms with E-state index in [-0.39, 0.29) is 11.5 Å². The highest BCUT2D eigenvalue weighted by atomic mass is 16.3. The van der Waals surface area contributed by atoms with E-state index < -0.39 is 0 Å². The molecule has 64 valence electrons. The molecule has 0 saturated carbocycles. The highest BCUT2D eigenvalue weighted by Gasteiger charge is 2.20. The molecule has 1 nitrogen and oxygen atoms in total. The fraction of sp³-hybridized carbons (Fsp3) is 0.800. The maximum absolute atomic E-state index is 9.37. The summed E-state index contributed by atoms with van der Waals surface area (Å²) in [4.78, 5) is 0. The third kappa shape index (κ3) is 2.33. The number of allylic oxidation sites excluding steroid dienone is 1. The fourth-order valence-electron chi connectivity index (χ4n) is 1.53. The van der Waals surface area contributed by atoms with Crippen LogP contribution in [0.4, 0.5) is 0 Å². The van der Waals surface area contributed by atoms with Crippen LogP contribution in [0.2, 0.25) is 0 Å². The highest BCUT2D eigenvalue weighted by Crippen LogP contribution is 2.32. The molecule has 0 aliphatic heterocycles. The van der Waals surface area contributed by atoms with E-state index >= 15 is 0 Å². The lowest BCUT2D eigenvalue weighted by Crippen LogP contribution is -2.17. The summed E-state index contributed by atoms with van der Waals surface area (Å²) in [6.07, 6.45) is 5.10. The van der Waals surface area contributed by atoms with Crippen molar-refractivity contribution in [3.63, 3.8) is 0 Å². The van der Waals surface area contributed by atoms with Gasteiger partial charge in [0.25, 0.3) is 0 Å². The van der Waals surface area contributed by atoms with Crippen LogP contribution in [-0.2, 0) is 0 Å². The predicted molar refractivity (Wildman–Crippen MR) is 47.4 cm³/mol. The van der Waals surface area contributed by atoms with Crippen LogP contribution < -0.4 is 0 Å². The van der Waals surface area contributed by atoms with Gasteiger partial charge in [-0.3, -0.25) is 0 Å². The Kier molecular flexibility index (Phi) is 2.38. The average molecular weight is 154 g/mol. The molecule has 0 heterocycles. The van der Waals surface area contributed by atoms with E-state index in [2.05, 4.69) is 20.8 Å². The normalized spacial score (nSPS) is 26.5. The van der Waals surface area contributed by atoms with Crippen LogP contribution in [0.1, 0.15) is 40.0 Å².